The number of para-hydroxylation sites is 1. The minimum Gasteiger partial charge on any atom is -0.494 e. The molecule has 0 unspecified atom stereocenters. The van der Waals surface area contributed by atoms with Crippen molar-refractivity contribution in [3.05, 3.63) is 66.4 Å². The second kappa shape index (κ2) is 7.68. The summed E-state index contributed by atoms with van der Waals surface area (Å²) in [6.07, 6.45) is 2.99. The smallest absolute Gasteiger partial charge is 0.251 e. The lowest BCUT2D eigenvalue weighted by Crippen LogP contribution is -2.25. The molecule has 124 valence electrons. The number of carbonyl (C=O) groups excluding carboxylic acids is 1. The van der Waals surface area contributed by atoms with Crippen molar-refractivity contribution in [3.8, 4) is 5.75 Å². The van der Waals surface area contributed by atoms with Gasteiger partial charge < -0.3 is 14.6 Å². The quantitative estimate of drug-likeness (QED) is 0.671. The van der Waals surface area contributed by atoms with Crippen LogP contribution in [-0.2, 0) is 6.54 Å². The van der Waals surface area contributed by atoms with Gasteiger partial charge in [-0.2, -0.15) is 0 Å². The van der Waals surface area contributed by atoms with Gasteiger partial charge in [0.05, 0.1) is 6.61 Å². The van der Waals surface area contributed by atoms with Gasteiger partial charge in [0, 0.05) is 30.4 Å². The summed E-state index contributed by atoms with van der Waals surface area (Å²) in [7, 11) is 0. The number of fused-ring (bicyclic) bond motifs is 1. The maximum atomic E-state index is 12.1. The van der Waals surface area contributed by atoms with Crippen molar-refractivity contribution in [2.45, 2.75) is 19.9 Å². The molecule has 0 saturated carbocycles. The first-order chi connectivity index (χ1) is 11.8. The number of carbonyl (C=O) groups is 1. The second-order valence-corrected chi connectivity index (χ2v) is 5.63. The summed E-state index contributed by atoms with van der Waals surface area (Å²) in [5.41, 5.74) is 1.89. The number of aromatic nitrogens is 1. The Morgan fingerprint density at radius 3 is 2.67 bits per heavy atom. The molecule has 4 heteroatoms. The van der Waals surface area contributed by atoms with Gasteiger partial charge in [0.1, 0.15) is 5.75 Å². The third-order valence-corrected chi connectivity index (χ3v) is 3.97. The van der Waals surface area contributed by atoms with Gasteiger partial charge in [-0.25, -0.2) is 0 Å². The van der Waals surface area contributed by atoms with Crippen molar-refractivity contribution in [3.63, 3.8) is 0 Å². The SMILES string of the molecule is CCOc1ccc(C(=O)NCCCn2ccc3ccccc32)cc1. The Hall–Kier alpha value is -2.75. The lowest BCUT2D eigenvalue weighted by Gasteiger charge is -2.08. The number of hydrogen-bond acceptors (Lipinski definition) is 2. The summed E-state index contributed by atoms with van der Waals surface area (Å²) in [5.74, 6) is 0.740. The normalized spacial score (nSPS) is 10.7. The summed E-state index contributed by atoms with van der Waals surface area (Å²) in [5, 5.41) is 4.21. The summed E-state index contributed by atoms with van der Waals surface area (Å²) < 4.78 is 7.60. The lowest BCUT2D eigenvalue weighted by atomic mass is 10.2. The van der Waals surface area contributed by atoms with Crippen LogP contribution in [0.5, 0.6) is 5.75 Å². The molecule has 1 amide bonds. The van der Waals surface area contributed by atoms with E-state index in [4.69, 9.17) is 4.74 Å². The van der Waals surface area contributed by atoms with E-state index in [0.717, 1.165) is 18.7 Å². The minimum absolute atomic E-state index is 0.0459. The van der Waals surface area contributed by atoms with E-state index < -0.39 is 0 Å². The van der Waals surface area contributed by atoms with E-state index in [1.54, 1.807) is 12.1 Å². The van der Waals surface area contributed by atoms with Crippen LogP contribution < -0.4 is 10.1 Å². The number of amides is 1. The van der Waals surface area contributed by atoms with Crippen LogP contribution in [0.15, 0.2) is 60.8 Å². The Morgan fingerprint density at radius 2 is 1.88 bits per heavy atom. The molecule has 0 radical (unpaired) electrons. The number of aryl methyl sites for hydroxylation is 1. The van der Waals surface area contributed by atoms with Crippen LogP contribution >= 0.6 is 0 Å². The van der Waals surface area contributed by atoms with E-state index in [1.807, 2.05) is 31.2 Å². The molecule has 4 nitrogen and oxygen atoms in total. The van der Waals surface area contributed by atoms with Crippen molar-refractivity contribution < 1.29 is 9.53 Å². The van der Waals surface area contributed by atoms with Gasteiger partial charge in [-0.05, 0) is 55.1 Å². The van der Waals surface area contributed by atoms with Crippen molar-refractivity contribution >= 4 is 16.8 Å². The van der Waals surface area contributed by atoms with E-state index in [-0.39, 0.29) is 5.91 Å². The zero-order valence-electron chi connectivity index (χ0n) is 13.9. The standard InChI is InChI=1S/C20H22N2O2/c1-2-24-18-10-8-17(9-11-18)20(23)21-13-5-14-22-15-12-16-6-3-4-7-19(16)22/h3-4,6-12,15H,2,5,13-14H2,1H3,(H,21,23). The zero-order chi connectivity index (χ0) is 16.8. The van der Waals surface area contributed by atoms with E-state index >= 15 is 0 Å². The molecule has 0 spiro atoms. The highest BCUT2D eigenvalue weighted by Crippen LogP contribution is 2.15. The van der Waals surface area contributed by atoms with Crippen LogP contribution in [0.25, 0.3) is 10.9 Å². The highest BCUT2D eigenvalue weighted by molar-refractivity contribution is 5.94. The Morgan fingerprint density at radius 1 is 1.08 bits per heavy atom. The molecule has 1 N–H and O–H groups in total. The molecule has 0 saturated heterocycles. The van der Waals surface area contributed by atoms with Crippen molar-refractivity contribution in [1.29, 1.82) is 0 Å². The molecule has 0 aliphatic rings. The molecule has 1 heterocycles. The summed E-state index contributed by atoms with van der Waals surface area (Å²) in [6, 6.07) is 17.7. The highest BCUT2D eigenvalue weighted by Gasteiger charge is 2.05. The minimum atomic E-state index is -0.0459. The zero-order valence-corrected chi connectivity index (χ0v) is 13.9. The number of nitrogens with one attached hydrogen (secondary N) is 1. The maximum Gasteiger partial charge on any atom is 0.251 e. The fraction of sp³-hybridized carbons (Fsp3) is 0.250. The van der Waals surface area contributed by atoms with Gasteiger partial charge in [0.2, 0.25) is 0 Å². The lowest BCUT2D eigenvalue weighted by molar-refractivity contribution is 0.0952. The third kappa shape index (κ3) is 3.77. The van der Waals surface area contributed by atoms with Gasteiger partial charge in [-0.15, -0.1) is 0 Å². The van der Waals surface area contributed by atoms with E-state index in [1.165, 1.54) is 10.9 Å². The number of benzene rings is 2. The number of rotatable bonds is 7. The molecule has 2 aromatic carbocycles. The summed E-state index contributed by atoms with van der Waals surface area (Å²) >= 11 is 0. The van der Waals surface area contributed by atoms with Crippen LogP contribution in [0.3, 0.4) is 0 Å². The molecule has 0 fully saturated rings. The molecule has 0 atom stereocenters. The average molecular weight is 322 g/mol. The predicted molar refractivity (Wildman–Crippen MR) is 96.5 cm³/mol. The van der Waals surface area contributed by atoms with Crippen LogP contribution in [0.1, 0.15) is 23.7 Å². The van der Waals surface area contributed by atoms with Crippen LogP contribution in [-0.4, -0.2) is 23.6 Å². The number of hydrogen-bond donors (Lipinski definition) is 1. The van der Waals surface area contributed by atoms with Gasteiger partial charge >= 0.3 is 0 Å². The van der Waals surface area contributed by atoms with Gasteiger partial charge in [0.25, 0.3) is 5.91 Å². The molecule has 0 aliphatic heterocycles. The van der Waals surface area contributed by atoms with Crippen molar-refractivity contribution in [2.75, 3.05) is 13.2 Å². The Bertz CT molecular complexity index is 806. The first-order valence-electron chi connectivity index (χ1n) is 8.33. The maximum absolute atomic E-state index is 12.1. The first kappa shape index (κ1) is 16.1. The summed E-state index contributed by atoms with van der Waals surface area (Å²) in [4.78, 5) is 12.1. The van der Waals surface area contributed by atoms with E-state index in [0.29, 0.717) is 18.7 Å². The molecule has 24 heavy (non-hydrogen) atoms. The van der Waals surface area contributed by atoms with Crippen molar-refractivity contribution in [1.82, 2.24) is 9.88 Å². The average Bonchev–Trinajstić information content (AvgIpc) is 3.03. The second-order valence-electron chi connectivity index (χ2n) is 5.63. The highest BCUT2D eigenvalue weighted by atomic mass is 16.5. The fourth-order valence-electron chi connectivity index (χ4n) is 2.76. The van der Waals surface area contributed by atoms with Crippen LogP contribution in [0.2, 0.25) is 0 Å². The fourth-order valence-corrected chi connectivity index (χ4v) is 2.76. The van der Waals surface area contributed by atoms with E-state index in [9.17, 15) is 4.79 Å². The summed E-state index contributed by atoms with van der Waals surface area (Å²) in [6.45, 7) is 4.10. The topological polar surface area (TPSA) is 43.3 Å². The Labute approximate surface area is 142 Å². The van der Waals surface area contributed by atoms with Crippen LogP contribution in [0, 0.1) is 0 Å². The molecule has 3 rings (SSSR count). The Balaban J connectivity index is 1.48. The van der Waals surface area contributed by atoms with Crippen LogP contribution in [0.4, 0.5) is 0 Å². The number of nitrogens with zero attached hydrogens (tertiary/aromatic N) is 1. The molecular formula is C20H22N2O2. The van der Waals surface area contributed by atoms with E-state index in [2.05, 4.69) is 34.3 Å². The third-order valence-electron chi connectivity index (χ3n) is 3.97. The molecule has 0 aliphatic carbocycles. The largest absolute Gasteiger partial charge is 0.494 e. The van der Waals surface area contributed by atoms with Gasteiger partial charge in [-0.3, -0.25) is 4.79 Å². The van der Waals surface area contributed by atoms with Gasteiger partial charge in [0.15, 0.2) is 0 Å². The molecular weight excluding hydrogens is 300 g/mol. The van der Waals surface area contributed by atoms with Crippen molar-refractivity contribution in [2.24, 2.45) is 0 Å². The predicted octanol–water partition coefficient (Wildman–Crippen LogP) is 3.86. The monoisotopic (exact) mass is 322 g/mol. The number of ether oxygens (including phenoxy) is 1. The first-order valence-corrected chi connectivity index (χ1v) is 8.33. The molecule has 1 aromatic heterocycles. The molecule has 0 bridgehead atoms. The molecule has 3 aromatic rings. The Kier molecular flexibility index (Phi) is 5.16. The van der Waals surface area contributed by atoms with Gasteiger partial charge in [-0.1, -0.05) is 18.2 Å².